The molecule has 1 aliphatic carbocycles. The van der Waals surface area contributed by atoms with Crippen molar-refractivity contribution < 1.29 is 9.84 Å². The molecule has 0 spiro atoms. The van der Waals surface area contributed by atoms with Crippen LogP contribution >= 0.6 is 11.8 Å². The molecule has 2 heterocycles. The number of ether oxygens (including phenoxy) is 1. The highest BCUT2D eigenvalue weighted by atomic mass is 32.2. The number of hydrogen-bond acceptors (Lipinski definition) is 5. The molecule has 0 amide bonds. The lowest BCUT2D eigenvalue weighted by Gasteiger charge is -2.21. The fraction of sp³-hybridized carbons (Fsp3) is 0.154. The molecular formula is C26H20N2O2S. The first kappa shape index (κ1) is 18.5. The van der Waals surface area contributed by atoms with E-state index in [4.69, 9.17) is 9.73 Å². The standard InChI is InChI=1S/C26H20N2O2S/c1-26-20-10-3-2-6-17(20)15-22(26)31-25(28-26)18-8-4-9-19(14-18)30-23-13-12-16-7-5-11-21(29)24(16)27-23/h2-14,22,29H,15H2,1H3/t22-,26+/m1/s1. The molecule has 1 aliphatic heterocycles. The predicted molar refractivity (Wildman–Crippen MR) is 125 cm³/mol. The molecule has 2 aliphatic rings. The van der Waals surface area contributed by atoms with E-state index in [0.717, 1.165) is 22.4 Å². The minimum absolute atomic E-state index is 0.147. The summed E-state index contributed by atoms with van der Waals surface area (Å²) in [4.78, 5) is 9.64. The molecule has 0 fully saturated rings. The van der Waals surface area contributed by atoms with E-state index in [0.29, 0.717) is 22.4 Å². The van der Waals surface area contributed by atoms with Gasteiger partial charge in [-0.05, 0) is 48.7 Å². The van der Waals surface area contributed by atoms with Gasteiger partial charge in [0.15, 0.2) is 0 Å². The number of aromatic hydroxyl groups is 1. The maximum absolute atomic E-state index is 10.1. The monoisotopic (exact) mass is 424 g/mol. The van der Waals surface area contributed by atoms with Crippen LogP contribution in [0.3, 0.4) is 0 Å². The SMILES string of the molecule is C[C@@]12N=C(c3cccc(Oc4ccc5cccc(O)c5n4)c3)S[C@@H]1Cc1ccccc12. The van der Waals surface area contributed by atoms with Crippen LogP contribution < -0.4 is 4.74 Å². The molecule has 6 rings (SSSR count). The molecule has 152 valence electrons. The molecule has 1 aromatic heterocycles. The van der Waals surface area contributed by atoms with Gasteiger partial charge < -0.3 is 9.84 Å². The Morgan fingerprint density at radius 3 is 2.81 bits per heavy atom. The Kier molecular flexibility index (Phi) is 4.08. The first-order valence-electron chi connectivity index (χ1n) is 10.3. The van der Waals surface area contributed by atoms with E-state index >= 15 is 0 Å². The molecule has 5 heteroatoms. The van der Waals surface area contributed by atoms with Gasteiger partial charge in [0.1, 0.15) is 17.0 Å². The van der Waals surface area contributed by atoms with Gasteiger partial charge in [0.2, 0.25) is 5.88 Å². The summed E-state index contributed by atoms with van der Waals surface area (Å²) in [5.74, 6) is 1.30. The van der Waals surface area contributed by atoms with Crippen molar-refractivity contribution in [2.24, 2.45) is 4.99 Å². The summed E-state index contributed by atoms with van der Waals surface area (Å²) in [6.07, 6.45) is 1.05. The van der Waals surface area contributed by atoms with E-state index < -0.39 is 0 Å². The van der Waals surface area contributed by atoms with Gasteiger partial charge in [0.25, 0.3) is 0 Å². The van der Waals surface area contributed by atoms with Crippen molar-refractivity contribution >= 4 is 27.7 Å². The van der Waals surface area contributed by atoms with Crippen molar-refractivity contribution in [3.63, 3.8) is 0 Å². The molecule has 1 N–H and O–H groups in total. The second-order valence-electron chi connectivity index (χ2n) is 8.16. The number of nitrogens with zero attached hydrogens (tertiary/aromatic N) is 2. The van der Waals surface area contributed by atoms with Gasteiger partial charge in [0.05, 0.1) is 10.6 Å². The lowest BCUT2D eigenvalue weighted by molar-refractivity contribution is 0.460. The number of phenolic OH excluding ortho intramolecular Hbond substituents is 1. The quantitative estimate of drug-likeness (QED) is 0.434. The Balaban J connectivity index is 1.31. The van der Waals surface area contributed by atoms with Crippen LogP contribution in [-0.2, 0) is 12.0 Å². The molecule has 4 nitrogen and oxygen atoms in total. The van der Waals surface area contributed by atoms with Crippen molar-refractivity contribution in [2.75, 3.05) is 0 Å². The molecule has 2 atom stereocenters. The highest BCUT2D eigenvalue weighted by Gasteiger charge is 2.48. The minimum Gasteiger partial charge on any atom is -0.506 e. The summed E-state index contributed by atoms with van der Waals surface area (Å²) < 4.78 is 6.03. The van der Waals surface area contributed by atoms with Gasteiger partial charge in [-0.15, -0.1) is 0 Å². The summed E-state index contributed by atoms with van der Waals surface area (Å²) in [6.45, 7) is 2.25. The highest BCUT2D eigenvalue weighted by molar-refractivity contribution is 8.15. The predicted octanol–water partition coefficient (Wildman–Crippen LogP) is 6.07. The lowest BCUT2D eigenvalue weighted by Crippen LogP contribution is -2.23. The summed E-state index contributed by atoms with van der Waals surface area (Å²) in [6, 6.07) is 25.7. The molecule has 0 radical (unpaired) electrons. The third-order valence-corrected chi connectivity index (χ3v) is 7.62. The van der Waals surface area contributed by atoms with Crippen LogP contribution in [0.5, 0.6) is 17.4 Å². The Morgan fingerprint density at radius 1 is 1.00 bits per heavy atom. The Bertz CT molecular complexity index is 1370. The number of hydrogen-bond donors (Lipinski definition) is 1. The topological polar surface area (TPSA) is 54.7 Å². The van der Waals surface area contributed by atoms with Crippen LogP contribution in [0.1, 0.15) is 23.6 Å². The number of aromatic nitrogens is 1. The van der Waals surface area contributed by atoms with Crippen LogP contribution in [0.4, 0.5) is 0 Å². The molecule has 0 saturated carbocycles. The number of thioether (sulfide) groups is 1. The Morgan fingerprint density at radius 2 is 1.87 bits per heavy atom. The van der Waals surface area contributed by atoms with E-state index in [2.05, 4.69) is 42.2 Å². The largest absolute Gasteiger partial charge is 0.506 e. The molecule has 3 aromatic carbocycles. The van der Waals surface area contributed by atoms with E-state index in [9.17, 15) is 5.11 Å². The number of aliphatic imine (C=N–C) groups is 1. The van der Waals surface area contributed by atoms with E-state index in [1.807, 2.05) is 48.2 Å². The van der Waals surface area contributed by atoms with Crippen LogP contribution in [0, 0.1) is 0 Å². The summed E-state index contributed by atoms with van der Waals surface area (Å²) >= 11 is 1.85. The van der Waals surface area contributed by atoms with Crippen molar-refractivity contribution in [1.29, 1.82) is 0 Å². The Labute approximate surface area is 184 Å². The summed E-state index contributed by atoms with van der Waals surface area (Å²) in [7, 11) is 0. The van der Waals surface area contributed by atoms with Gasteiger partial charge in [-0.3, -0.25) is 4.99 Å². The van der Waals surface area contributed by atoms with Crippen molar-refractivity contribution in [3.8, 4) is 17.4 Å². The highest BCUT2D eigenvalue weighted by Crippen LogP contribution is 2.51. The van der Waals surface area contributed by atoms with E-state index in [-0.39, 0.29) is 11.3 Å². The summed E-state index contributed by atoms with van der Waals surface area (Å²) in [5.41, 5.74) is 4.17. The average molecular weight is 425 g/mol. The zero-order valence-corrected chi connectivity index (χ0v) is 17.8. The van der Waals surface area contributed by atoms with Crippen LogP contribution in [0.25, 0.3) is 10.9 Å². The van der Waals surface area contributed by atoms with Gasteiger partial charge in [-0.25, -0.2) is 4.98 Å². The maximum atomic E-state index is 10.1. The summed E-state index contributed by atoms with van der Waals surface area (Å²) in [5, 5.41) is 12.4. The van der Waals surface area contributed by atoms with Gasteiger partial charge in [-0.2, -0.15) is 0 Å². The first-order valence-corrected chi connectivity index (χ1v) is 11.2. The third-order valence-electron chi connectivity index (χ3n) is 6.16. The second kappa shape index (κ2) is 6.86. The normalized spacial score (nSPS) is 21.6. The van der Waals surface area contributed by atoms with Crippen molar-refractivity contribution in [3.05, 3.63) is 95.6 Å². The third kappa shape index (κ3) is 3.00. The average Bonchev–Trinajstić information content (AvgIpc) is 3.25. The smallest absolute Gasteiger partial charge is 0.219 e. The molecule has 31 heavy (non-hydrogen) atoms. The number of pyridine rings is 1. The van der Waals surface area contributed by atoms with E-state index in [1.165, 1.54) is 11.1 Å². The van der Waals surface area contributed by atoms with Gasteiger partial charge >= 0.3 is 0 Å². The Hall–Kier alpha value is -3.31. The number of fused-ring (bicyclic) bond motifs is 4. The molecule has 0 bridgehead atoms. The maximum Gasteiger partial charge on any atom is 0.219 e. The fourth-order valence-electron chi connectivity index (χ4n) is 4.54. The molecule has 4 aromatic rings. The fourth-order valence-corrected chi connectivity index (χ4v) is 5.99. The van der Waals surface area contributed by atoms with Gasteiger partial charge in [-0.1, -0.05) is 60.3 Å². The molecule has 0 unspecified atom stereocenters. The number of rotatable bonds is 3. The lowest BCUT2D eigenvalue weighted by atomic mass is 9.95. The number of phenols is 1. The number of benzene rings is 3. The van der Waals surface area contributed by atoms with E-state index in [1.54, 1.807) is 12.1 Å². The minimum atomic E-state index is -0.176. The van der Waals surface area contributed by atoms with Crippen LogP contribution in [-0.4, -0.2) is 20.4 Å². The first-order chi connectivity index (χ1) is 15.1. The molecular weight excluding hydrogens is 404 g/mol. The van der Waals surface area contributed by atoms with Crippen LogP contribution in [0.2, 0.25) is 0 Å². The van der Waals surface area contributed by atoms with Gasteiger partial charge in [0, 0.05) is 22.3 Å². The van der Waals surface area contributed by atoms with Crippen molar-refractivity contribution in [1.82, 2.24) is 4.98 Å². The zero-order chi connectivity index (χ0) is 21.0. The zero-order valence-electron chi connectivity index (χ0n) is 16.9. The molecule has 0 saturated heterocycles. The second-order valence-corrected chi connectivity index (χ2v) is 9.35. The van der Waals surface area contributed by atoms with Crippen molar-refractivity contribution in [2.45, 2.75) is 24.1 Å². The van der Waals surface area contributed by atoms with Crippen LogP contribution in [0.15, 0.2) is 83.9 Å². The number of para-hydroxylation sites is 1.